The van der Waals surface area contributed by atoms with Crippen LogP contribution in [0.1, 0.15) is 12.1 Å². The lowest BCUT2D eigenvalue weighted by molar-refractivity contribution is 0.140. The van der Waals surface area contributed by atoms with Gasteiger partial charge in [-0.2, -0.15) is 0 Å². The Morgan fingerprint density at radius 3 is 2.40 bits per heavy atom. The molecule has 1 aromatic heterocycles. The molecule has 0 aliphatic carbocycles. The molecule has 0 unspecified atom stereocenters. The van der Waals surface area contributed by atoms with Crippen molar-refractivity contribution in [2.24, 2.45) is 5.14 Å². The molecule has 0 radical (unpaired) electrons. The molecule has 0 atom stereocenters. The molecular weight excluding hydrogens is 257 g/mol. The maximum absolute atomic E-state index is 13.0. The zero-order valence-electron chi connectivity index (χ0n) is 6.92. The number of halogens is 4. The van der Waals surface area contributed by atoms with Crippen LogP contribution in [0, 0.1) is 5.82 Å². The summed E-state index contributed by atoms with van der Waals surface area (Å²) in [6.07, 6.45) is -2.69. The summed E-state index contributed by atoms with van der Waals surface area (Å²) in [5, 5.41) is 3.66. The van der Waals surface area contributed by atoms with Crippen LogP contribution < -0.4 is 5.14 Å². The monoisotopic (exact) mass is 260 g/mol. The number of hydrogen-bond acceptors (Lipinski definition) is 3. The van der Waals surface area contributed by atoms with E-state index in [0.717, 1.165) is 0 Å². The smallest absolute Gasteiger partial charge is 0.251 e. The third-order valence-electron chi connectivity index (χ3n) is 1.47. The van der Waals surface area contributed by atoms with Gasteiger partial charge >= 0.3 is 0 Å². The van der Waals surface area contributed by atoms with Crippen molar-refractivity contribution in [2.45, 2.75) is 11.3 Å². The van der Waals surface area contributed by atoms with Crippen molar-refractivity contribution in [1.82, 2.24) is 4.98 Å². The van der Waals surface area contributed by atoms with Crippen molar-refractivity contribution < 1.29 is 21.6 Å². The Balaban J connectivity index is 3.48. The maximum Gasteiger partial charge on any atom is 0.283 e. The number of rotatable bonds is 2. The number of sulfonamides is 1. The summed E-state index contributed by atoms with van der Waals surface area (Å²) in [5.74, 6) is -1.59. The molecule has 84 valence electrons. The van der Waals surface area contributed by atoms with E-state index in [2.05, 4.69) is 10.1 Å². The Bertz CT molecular complexity index is 491. The van der Waals surface area contributed by atoms with E-state index in [0.29, 0.717) is 6.20 Å². The first kappa shape index (κ1) is 12.2. The SMILES string of the molecule is NS(=O)(=O)c1cnc(C(F)F)c(F)c1Cl. The van der Waals surface area contributed by atoms with Crippen LogP contribution in [0.15, 0.2) is 11.1 Å². The van der Waals surface area contributed by atoms with Gasteiger partial charge in [-0.1, -0.05) is 11.6 Å². The average Bonchev–Trinajstić information content (AvgIpc) is 2.06. The number of alkyl halides is 2. The summed E-state index contributed by atoms with van der Waals surface area (Å²) in [5.41, 5.74) is -1.22. The molecule has 0 fully saturated rings. The number of aromatic nitrogens is 1. The Morgan fingerprint density at radius 1 is 1.47 bits per heavy atom. The van der Waals surface area contributed by atoms with Crippen molar-refractivity contribution in [3.05, 3.63) is 22.7 Å². The molecule has 15 heavy (non-hydrogen) atoms. The van der Waals surface area contributed by atoms with Gasteiger partial charge in [-0.3, -0.25) is 4.98 Å². The van der Waals surface area contributed by atoms with E-state index in [9.17, 15) is 21.6 Å². The van der Waals surface area contributed by atoms with Gasteiger partial charge in [0, 0.05) is 6.20 Å². The average molecular weight is 261 g/mol. The Morgan fingerprint density at radius 2 is 2.00 bits per heavy atom. The molecule has 0 aliphatic rings. The first-order chi connectivity index (χ1) is 6.75. The molecule has 4 nitrogen and oxygen atoms in total. The molecule has 0 amide bonds. The molecule has 1 heterocycles. The van der Waals surface area contributed by atoms with Gasteiger partial charge in [-0.15, -0.1) is 0 Å². The highest BCUT2D eigenvalue weighted by Gasteiger charge is 2.24. The maximum atomic E-state index is 13.0. The van der Waals surface area contributed by atoms with Crippen LogP contribution in [-0.2, 0) is 10.0 Å². The molecule has 2 N–H and O–H groups in total. The van der Waals surface area contributed by atoms with Gasteiger partial charge in [0.15, 0.2) is 5.82 Å². The summed E-state index contributed by atoms with van der Waals surface area (Å²) in [6.45, 7) is 0. The van der Waals surface area contributed by atoms with E-state index in [4.69, 9.17) is 11.6 Å². The number of nitrogens with zero attached hydrogens (tertiary/aromatic N) is 1. The summed E-state index contributed by atoms with van der Waals surface area (Å²) >= 11 is 5.22. The Hall–Kier alpha value is -0.860. The number of primary sulfonamides is 1. The minimum Gasteiger partial charge on any atom is -0.251 e. The number of hydrogen-bond donors (Lipinski definition) is 1. The van der Waals surface area contributed by atoms with Crippen LogP contribution in [-0.4, -0.2) is 13.4 Å². The molecule has 0 aromatic carbocycles. The molecule has 0 bridgehead atoms. The molecule has 1 rings (SSSR count). The predicted octanol–water partition coefficient (Wildman–Crippen LogP) is 1.46. The van der Waals surface area contributed by atoms with Crippen LogP contribution in [0.4, 0.5) is 13.2 Å². The van der Waals surface area contributed by atoms with E-state index in [1.165, 1.54) is 0 Å². The van der Waals surface area contributed by atoms with E-state index in [1.54, 1.807) is 0 Å². The second-order valence-corrected chi connectivity index (χ2v) is 4.39. The minimum absolute atomic E-state index is 0.488. The lowest BCUT2D eigenvalue weighted by atomic mass is 10.3. The van der Waals surface area contributed by atoms with Crippen molar-refractivity contribution in [2.75, 3.05) is 0 Å². The van der Waals surface area contributed by atoms with Gasteiger partial charge < -0.3 is 0 Å². The molecule has 0 saturated heterocycles. The quantitative estimate of drug-likeness (QED) is 0.875. The van der Waals surface area contributed by atoms with E-state index in [-0.39, 0.29) is 0 Å². The fourth-order valence-corrected chi connectivity index (χ4v) is 1.82. The second-order valence-electron chi connectivity index (χ2n) is 2.48. The van der Waals surface area contributed by atoms with Gasteiger partial charge in [0.1, 0.15) is 15.6 Å². The molecule has 9 heteroatoms. The van der Waals surface area contributed by atoms with E-state index < -0.39 is 37.9 Å². The second kappa shape index (κ2) is 3.95. The molecule has 0 spiro atoms. The largest absolute Gasteiger partial charge is 0.283 e. The zero-order chi connectivity index (χ0) is 11.8. The van der Waals surface area contributed by atoms with Crippen LogP contribution in [0.2, 0.25) is 5.02 Å². The molecular formula is C6H4ClF3N2O2S. The molecule has 0 aliphatic heterocycles. The Labute approximate surface area is 87.9 Å². The normalized spacial score (nSPS) is 12.1. The van der Waals surface area contributed by atoms with Crippen LogP contribution >= 0.6 is 11.6 Å². The van der Waals surface area contributed by atoms with Crippen molar-refractivity contribution >= 4 is 21.6 Å². The highest BCUT2D eigenvalue weighted by molar-refractivity contribution is 7.89. The van der Waals surface area contributed by atoms with Crippen LogP contribution in [0.3, 0.4) is 0 Å². The lowest BCUT2D eigenvalue weighted by Crippen LogP contribution is -2.14. The fraction of sp³-hybridized carbons (Fsp3) is 0.167. The first-order valence-electron chi connectivity index (χ1n) is 3.40. The Kier molecular flexibility index (Phi) is 3.22. The summed E-state index contributed by atoms with van der Waals surface area (Å²) in [6, 6.07) is 0. The predicted molar refractivity (Wildman–Crippen MR) is 45.5 cm³/mol. The van der Waals surface area contributed by atoms with Crippen molar-refractivity contribution in [1.29, 1.82) is 0 Å². The third kappa shape index (κ3) is 2.39. The van der Waals surface area contributed by atoms with E-state index in [1.807, 2.05) is 0 Å². The van der Waals surface area contributed by atoms with Crippen molar-refractivity contribution in [3.63, 3.8) is 0 Å². The minimum atomic E-state index is -4.28. The summed E-state index contributed by atoms with van der Waals surface area (Å²) in [4.78, 5) is 2.11. The first-order valence-corrected chi connectivity index (χ1v) is 5.32. The highest BCUT2D eigenvalue weighted by Crippen LogP contribution is 2.29. The zero-order valence-corrected chi connectivity index (χ0v) is 8.49. The van der Waals surface area contributed by atoms with Crippen LogP contribution in [0.25, 0.3) is 0 Å². The van der Waals surface area contributed by atoms with Gasteiger partial charge in [-0.05, 0) is 0 Å². The number of pyridine rings is 1. The van der Waals surface area contributed by atoms with E-state index >= 15 is 0 Å². The fourth-order valence-electron chi connectivity index (χ4n) is 0.813. The highest BCUT2D eigenvalue weighted by atomic mass is 35.5. The topological polar surface area (TPSA) is 73.1 Å². The lowest BCUT2D eigenvalue weighted by Gasteiger charge is -2.05. The third-order valence-corrected chi connectivity index (χ3v) is 2.87. The number of nitrogens with two attached hydrogens (primary N) is 1. The molecule has 0 saturated carbocycles. The van der Waals surface area contributed by atoms with Crippen molar-refractivity contribution in [3.8, 4) is 0 Å². The van der Waals surface area contributed by atoms with Crippen LogP contribution in [0.5, 0.6) is 0 Å². The van der Waals surface area contributed by atoms with Gasteiger partial charge in [0.05, 0.1) is 0 Å². The van der Waals surface area contributed by atoms with Gasteiger partial charge in [0.25, 0.3) is 6.43 Å². The summed E-state index contributed by atoms with van der Waals surface area (Å²) in [7, 11) is -4.28. The standard InChI is InChI=1S/C6H4ClF3N2O2S/c7-3-2(15(11,13)14)1-12-5(4(3)8)6(9)10/h1,6H,(H2,11,13,14). The molecule has 1 aromatic rings. The summed E-state index contributed by atoms with van der Waals surface area (Å²) < 4.78 is 58.8. The van der Waals surface area contributed by atoms with Gasteiger partial charge in [-0.25, -0.2) is 26.7 Å². The van der Waals surface area contributed by atoms with Gasteiger partial charge in [0.2, 0.25) is 10.0 Å².